The predicted octanol–water partition coefficient (Wildman–Crippen LogP) is 3.43. The molecule has 0 saturated carbocycles. The van der Waals surface area contributed by atoms with Crippen LogP contribution in [0, 0.1) is 6.92 Å². The van der Waals surface area contributed by atoms with Crippen LogP contribution in [-0.4, -0.2) is 41.2 Å². The van der Waals surface area contributed by atoms with Crippen LogP contribution in [0.25, 0.3) is 5.76 Å². The number of aliphatic hydroxyl groups is 1. The number of ketones is 1. The Morgan fingerprint density at radius 1 is 0.875 bits per heavy atom. The number of aryl methyl sites for hydroxylation is 1. The number of nitrogens with zero attached hydrogens (tertiary/aromatic N) is 3. The number of aromatic nitrogens is 2. The summed E-state index contributed by atoms with van der Waals surface area (Å²) in [5.41, 5.74) is 1.64. The molecule has 4 rings (SSSR count). The maximum atomic E-state index is 13.1. The average Bonchev–Trinajstić information content (AvgIpc) is 3.09. The lowest BCUT2D eigenvalue weighted by molar-refractivity contribution is -0.132. The molecule has 8 heteroatoms. The summed E-state index contributed by atoms with van der Waals surface area (Å²) in [6.45, 7) is 1.77. The monoisotopic (exact) mass is 431 g/mol. The van der Waals surface area contributed by atoms with Crippen molar-refractivity contribution in [2.24, 2.45) is 0 Å². The Morgan fingerprint density at radius 2 is 1.47 bits per heavy atom. The Bertz CT molecular complexity index is 1190. The number of hydrogen-bond acceptors (Lipinski definition) is 7. The first-order chi connectivity index (χ1) is 15.4. The number of methoxy groups -OCH3 is 2. The van der Waals surface area contributed by atoms with E-state index in [1.807, 2.05) is 0 Å². The number of ether oxygens (including phenoxy) is 2. The second kappa shape index (κ2) is 8.50. The van der Waals surface area contributed by atoms with Gasteiger partial charge in [0.2, 0.25) is 0 Å². The van der Waals surface area contributed by atoms with Crippen LogP contribution in [0.15, 0.2) is 66.2 Å². The summed E-state index contributed by atoms with van der Waals surface area (Å²) in [5, 5.41) is 19.2. The van der Waals surface area contributed by atoms with E-state index < -0.39 is 17.7 Å². The molecule has 1 aromatic heterocycles. The Hall–Kier alpha value is -4.20. The molecule has 2 aromatic carbocycles. The van der Waals surface area contributed by atoms with E-state index in [9.17, 15) is 14.7 Å². The van der Waals surface area contributed by atoms with E-state index in [4.69, 9.17) is 9.47 Å². The van der Waals surface area contributed by atoms with Crippen molar-refractivity contribution in [3.8, 4) is 11.5 Å². The van der Waals surface area contributed by atoms with Crippen molar-refractivity contribution in [1.82, 2.24) is 10.2 Å². The molecule has 162 valence electrons. The first-order valence-electron chi connectivity index (χ1n) is 9.84. The summed E-state index contributed by atoms with van der Waals surface area (Å²) >= 11 is 0. The maximum Gasteiger partial charge on any atom is 0.301 e. The highest BCUT2D eigenvalue weighted by molar-refractivity contribution is 6.51. The van der Waals surface area contributed by atoms with Gasteiger partial charge >= 0.3 is 5.91 Å². The van der Waals surface area contributed by atoms with Gasteiger partial charge in [0.25, 0.3) is 5.78 Å². The van der Waals surface area contributed by atoms with Crippen LogP contribution in [0.3, 0.4) is 0 Å². The number of aliphatic hydroxyl groups excluding tert-OH is 1. The minimum atomic E-state index is -0.889. The zero-order chi connectivity index (χ0) is 22.8. The fourth-order valence-electron chi connectivity index (χ4n) is 3.60. The lowest BCUT2D eigenvalue weighted by Gasteiger charge is -2.24. The lowest BCUT2D eigenvalue weighted by atomic mass is 9.95. The Labute approximate surface area is 184 Å². The average molecular weight is 431 g/mol. The van der Waals surface area contributed by atoms with Gasteiger partial charge in [0.15, 0.2) is 5.82 Å². The van der Waals surface area contributed by atoms with Gasteiger partial charge in [-0.05, 0) is 61.0 Å². The molecule has 0 radical (unpaired) electrons. The highest BCUT2D eigenvalue weighted by Gasteiger charge is 2.47. The third kappa shape index (κ3) is 3.66. The molecule has 1 unspecified atom stereocenters. The number of Topliss-reactive ketones (excluding diaryl/α,β-unsaturated/α-hetero) is 1. The van der Waals surface area contributed by atoms with Crippen molar-refractivity contribution in [3.63, 3.8) is 0 Å². The number of carbonyl (C=O) groups is 2. The molecule has 1 N–H and O–H groups in total. The number of rotatable bonds is 5. The maximum absolute atomic E-state index is 13.1. The van der Waals surface area contributed by atoms with Gasteiger partial charge in [-0.1, -0.05) is 12.1 Å². The molecule has 3 aromatic rings. The summed E-state index contributed by atoms with van der Waals surface area (Å²) < 4.78 is 10.4. The lowest BCUT2D eigenvalue weighted by Crippen LogP contribution is -2.30. The molecule has 0 spiro atoms. The van der Waals surface area contributed by atoms with Crippen molar-refractivity contribution in [2.45, 2.75) is 13.0 Å². The van der Waals surface area contributed by atoms with E-state index in [1.165, 1.54) is 12.0 Å². The third-order valence-corrected chi connectivity index (χ3v) is 5.27. The second-order valence-electron chi connectivity index (χ2n) is 7.20. The summed E-state index contributed by atoms with van der Waals surface area (Å²) in [6, 6.07) is 16.0. The van der Waals surface area contributed by atoms with Gasteiger partial charge in [-0.15, -0.1) is 5.10 Å². The molecular formula is C24H21N3O5. The van der Waals surface area contributed by atoms with Crippen molar-refractivity contribution in [3.05, 3.63) is 83.1 Å². The second-order valence-corrected chi connectivity index (χ2v) is 7.20. The van der Waals surface area contributed by atoms with E-state index >= 15 is 0 Å². The van der Waals surface area contributed by atoms with Crippen LogP contribution in [0.5, 0.6) is 11.5 Å². The van der Waals surface area contributed by atoms with Crippen molar-refractivity contribution in [2.75, 3.05) is 19.1 Å². The third-order valence-electron chi connectivity index (χ3n) is 5.27. The van der Waals surface area contributed by atoms with Gasteiger partial charge in [-0.3, -0.25) is 14.5 Å². The first-order valence-corrected chi connectivity index (χ1v) is 9.84. The van der Waals surface area contributed by atoms with E-state index in [-0.39, 0.29) is 17.2 Å². The van der Waals surface area contributed by atoms with Gasteiger partial charge in [0, 0.05) is 5.56 Å². The number of hydrogen-bond donors (Lipinski definition) is 1. The van der Waals surface area contributed by atoms with Gasteiger partial charge in [0.05, 0.1) is 31.5 Å². The first kappa shape index (κ1) is 21.0. The van der Waals surface area contributed by atoms with Crippen LogP contribution < -0.4 is 14.4 Å². The summed E-state index contributed by atoms with van der Waals surface area (Å²) in [5.74, 6) is -0.443. The van der Waals surface area contributed by atoms with Crippen molar-refractivity contribution in [1.29, 1.82) is 0 Å². The molecule has 1 saturated heterocycles. The Balaban J connectivity index is 1.90. The van der Waals surface area contributed by atoms with E-state index in [0.29, 0.717) is 28.3 Å². The molecule has 1 aliphatic rings. The molecule has 32 heavy (non-hydrogen) atoms. The van der Waals surface area contributed by atoms with Crippen LogP contribution in [0.1, 0.15) is 22.9 Å². The molecule has 1 atom stereocenters. The SMILES string of the molecule is COc1ccc(C(O)=C2C(=O)C(=O)N(c3ccc(C)nn3)C2c2ccc(OC)cc2)cc1. The van der Waals surface area contributed by atoms with Crippen LogP contribution >= 0.6 is 0 Å². The Morgan fingerprint density at radius 3 is 2.00 bits per heavy atom. The summed E-state index contributed by atoms with van der Waals surface area (Å²) in [4.78, 5) is 27.4. The predicted molar refractivity (Wildman–Crippen MR) is 118 cm³/mol. The van der Waals surface area contributed by atoms with E-state index in [2.05, 4.69) is 10.2 Å². The minimum absolute atomic E-state index is 0.0345. The Kier molecular flexibility index (Phi) is 5.59. The quantitative estimate of drug-likeness (QED) is 0.375. The van der Waals surface area contributed by atoms with Crippen LogP contribution in [0.2, 0.25) is 0 Å². The zero-order valence-corrected chi connectivity index (χ0v) is 17.8. The van der Waals surface area contributed by atoms with Crippen molar-refractivity contribution < 1.29 is 24.2 Å². The summed E-state index contributed by atoms with van der Waals surface area (Å²) in [6.07, 6.45) is 0. The number of anilines is 1. The topological polar surface area (TPSA) is 102 Å². The largest absolute Gasteiger partial charge is 0.507 e. The van der Waals surface area contributed by atoms with Gasteiger partial charge in [0.1, 0.15) is 17.3 Å². The van der Waals surface area contributed by atoms with Crippen molar-refractivity contribution >= 4 is 23.3 Å². The highest BCUT2D eigenvalue weighted by atomic mass is 16.5. The van der Waals surface area contributed by atoms with E-state index in [1.54, 1.807) is 74.7 Å². The number of carbonyl (C=O) groups excluding carboxylic acids is 2. The van der Waals surface area contributed by atoms with Gasteiger partial charge in [-0.25, -0.2) is 0 Å². The van der Waals surface area contributed by atoms with Gasteiger partial charge in [-0.2, -0.15) is 5.10 Å². The number of benzene rings is 2. The molecule has 0 bridgehead atoms. The fraction of sp³-hybridized carbons (Fsp3) is 0.167. The summed E-state index contributed by atoms with van der Waals surface area (Å²) in [7, 11) is 3.08. The molecule has 8 nitrogen and oxygen atoms in total. The van der Waals surface area contributed by atoms with Gasteiger partial charge < -0.3 is 14.6 Å². The van der Waals surface area contributed by atoms with Crippen LogP contribution in [-0.2, 0) is 9.59 Å². The molecule has 1 aliphatic heterocycles. The normalized spacial score (nSPS) is 17.5. The minimum Gasteiger partial charge on any atom is -0.507 e. The zero-order valence-electron chi connectivity index (χ0n) is 17.8. The highest BCUT2D eigenvalue weighted by Crippen LogP contribution is 2.41. The van der Waals surface area contributed by atoms with E-state index in [0.717, 1.165) is 0 Å². The fourth-order valence-corrected chi connectivity index (χ4v) is 3.60. The van der Waals surface area contributed by atoms with Crippen LogP contribution in [0.4, 0.5) is 5.82 Å². The standard InChI is InChI=1S/C24H21N3O5/c1-14-4-13-19(26-25-14)27-21(15-5-9-17(31-2)10-6-15)20(23(29)24(27)30)22(28)16-7-11-18(32-3)12-8-16/h4-13,21,28H,1-3H3. The molecule has 2 heterocycles. The smallest absolute Gasteiger partial charge is 0.301 e. The molecule has 1 amide bonds. The molecule has 1 fully saturated rings. The molecule has 0 aliphatic carbocycles. The molecular weight excluding hydrogens is 410 g/mol. The number of amides is 1.